The van der Waals surface area contributed by atoms with Gasteiger partial charge in [0.1, 0.15) is 0 Å². The van der Waals surface area contributed by atoms with Crippen LogP contribution in [0.3, 0.4) is 0 Å². The van der Waals surface area contributed by atoms with Crippen molar-refractivity contribution in [2.24, 2.45) is 5.92 Å². The summed E-state index contributed by atoms with van der Waals surface area (Å²) in [5.41, 5.74) is 0. The molecule has 1 unspecified atom stereocenters. The van der Waals surface area contributed by atoms with E-state index in [0.29, 0.717) is 12.3 Å². The van der Waals surface area contributed by atoms with Crippen LogP contribution in [0.4, 0.5) is 0 Å². The number of carbonyl (C=O) groups excluding carboxylic acids is 2. The van der Waals surface area contributed by atoms with Crippen LogP contribution in [0, 0.1) is 5.92 Å². The van der Waals surface area contributed by atoms with E-state index in [-0.39, 0.29) is 12.5 Å². The SMILES string of the molecule is CCCCCCCC/C=C\CCCCCCCC(=O)OC(=O)CN(C)CC(CC)CCCC. The van der Waals surface area contributed by atoms with Gasteiger partial charge >= 0.3 is 11.9 Å². The van der Waals surface area contributed by atoms with E-state index in [2.05, 4.69) is 32.9 Å². The van der Waals surface area contributed by atoms with E-state index in [1.54, 1.807) is 0 Å². The Labute approximate surface area is 205 Å². The molecule has 0 aliphatic rings. The summed E-state index contributed by atoms with van der Waals surface area (Å²) in [4.78, 5) is 25.9. The molecular weight excluding hydrogens is 410 g/mol. The lowest BCUT2D eigenvalue weighted by atomic mass is 9.99. The molecule has 0 saturated carbocycles. The first-order valence-electron chi connectivity index (χ1n) is 14.1. The number of nitrogens with zero attached hydrogens (tertiary/aromatic N) is 1. The third kappa shape index (κ3) is 22.4. The predicted octanol–water partition coefficient (Wildman–Crippen LogP) is 8.24. The first-order valence-corrected chi connectivity index (χ1v) is 14.1. The Morgan fingerprint density at radius 1 is 0.727 bits per heavy atom. The number of unbranched alkanes of at least 4 members (excludes halogenated alkanes) is 12. The van der Waals surface area contributed by atoms with Crippen LogP contribution in [0.25, 0.3) is 0 Å². The van der Waals surface area contributed by atoms with Crippen molar-refractivity contribution in [1.29, 1.82) is 0 Å². The van der Waals surface area contributed by atoms with Crippen molar-refractivity contribution in [2.45, 2.75) is 136 Å². The molecule has 33 heavy (non-hydrogen) atoms. The molecule has 0 saturated heterocycles. The average molecular weight is 466 g/mol. The number of carbonyl (C=O) groups is 2. The van der Waals surface area contributed by atoms with Crippen molar-refractivity contribution < 1.29 is 14.3 Å². The number of ether oxygens (including phenoxy) is 1. The topological polar surface area (TPSA) is 46.6 Å². The van der Waals surface area contributed by atoms with Crippen molar-refractivity contribution in [3.8, 4) is 0 Å². The summed E-state index contributed by atoms with van der Waals surface area (Å²) in [5.74, 6) is -0.182. The Kier molecular flexibility index (Phi) is 23.1. The van der Waals surface area contributed by atoms with Crippen LogP contribution in [0.1, 0.15) is 136 Å². The minimum atomic E-state index is -0.416. The fourth-order valence-corrected chi connectivity index (χ4v) is 4.19. The van der Waals surface area contributed by atoms with Crippen LogP contribution in [0.2, 0.25) is 0 Å². The lowest BCUT2D eigenvalue weighted by molar-refractivity contribution is -0.160. The van der Waals surface area contributed by atoms with Crippen LogP contribution in [-0.4, -0.2) is 37.0 Å². The highest BCUT2D eigenvalue weighted by Crippen LogP contribution is 2.14. The van der Waals surface area contributed by atoms with E-state index in [1.165, 1.54) is 77.0 Å². The minimum absolute atomic E-state index is 0.195. The molecule has 0 aliphatic carbocycles. The van der Waals surface area contributed by atoms with E-state index in [0.717, 1.165) is 38.6 Å². The van der Waals surface area contributed by atoms with Gasteiger partial charge in [0, 0.05) is 13.0 Å². The molecule has 0 fully saturated rings. The maximum absolute atomic E-state index is 12.0. The van der Waals surface area contributed by atoms with E-state index >= 15 is 0 Å². The molecule has 0 aromatic heterocycles. The van der Waals surface area contributed by atoms with E-state index in [9.17, 15) is 9.59 Å². The molecule has 1 atom stereocenters. The predicted molar refractivity (Wildman–Crippen MR) is 141 cm³/mol. The molecule has 0 amide bonds. The van der Waals surface area contributed by atoms with Crippen molar-refractivity contribution >= 4 is 11.9 Å². The summed E-state index contributed by atoms with van der Waals surface area (Å²) in [5, 5.41) is 0. The van der Waals surface area contributed by atoms with E-state index < -0.39 is 5.97 Å². The normalized spacial score (nSPS) is 12.5. The van der Waals surface area contributed by atoms with Gasteiger partial charge in [0.05, 0.1) is 6.54 Å². The Hall–Kier alpha value is -1.16. The molecule has 0 aliphatic heterocycles. The van der Waals surface area contributed by atoms with Crippen LogP contribution in [0.5, 0.6) is 0 Å². The molecule has 0 radical (unpaired) electrons. The summed E-state index contributed by atoms with van der Waals surface area (Å²) >= 11 is 0. The standard InChI is InChI=1S/C29H55NO3/c1-5-8-10-11-12-13-14-15-16-17-18-19-20-21-22-24-28(31)33-29(32)26-30(4)25-27(7-3)23-9-6-2/h15-16,27H,5-14,17-26H2,1-4H3/b16-15-. The number of likely N-dealkylation sites (N-methyl/N-ethyl adjacent to an activating group) is 1. The zero-order chi connectivity index (χ0) is 24.6. The fraction of sp³-hybridized carbons (Fsp3) is 0.862. The number of esters is 2. The van der Waals surface area contributed by atoms with Crippen molar-refractivity contribution in [1.82, 2.24) is 4.90 Å². The first kappa shape index (κ1) is 31.8. The lowest BCUT2D eigenvalue weighted by Gasteiger charge is -2.22. The largest absolute Gasteiger partial charge is 0.392 e. The quantitative estimate of drug-likeness (QED) is 0.0659. The molecule has 0 rings (SSSR count). The molecule has 194 valence electrons. The smallest absolute Gasteiger partial charge is 0.327 e. The van der Waals surface area contributed by atoms with Crippen LogP contribution in [-0.2, 0) is 14.3 Å². The zero-order valence-corrected chi connectivity index (χ0v) is 22.5. The molecule has 0 aromatic rings. The third-order valence-electron chi connectivity index (χ3n) is 6.38. The Morgan fingerprint density at radius 3 is 1.85 bits per heavy atom. The van der Waals surface area contributed by atoms with Gasteiger partial charge in [0.15, 0.2) is 0 Å². The monoisotopic (exact) mass is 465 g/mol. The third-order valence-corrected chi connectivity index (χ3v) is 6.38. The summed E-state index contributed by atoms with van der Waals surface area (Å²) in [7, 11) is 1.93. The lowest BCUT2D eigenvalue weighted by Crippen LogP contribution is -2.32. The highest BCUT2D eigenvalue weighted by molar-refractivity contribution is 5.86. The first-order chi connectivity index (χ1) is 16.0. The highest BCUT2D eigenvalue weighted by Gasteiger charge is 2.15. The number of hydrogen-bond acceptors (Lipinski definition) is 4. The van der Waals surface area contributed by atoms with Gasteiger partial charge in [-0.15, -0.1) is 0 Å². The Morgan fingerprint density at radius 2 is 1.27 bits per heavy atom. The van der Waals surface area contributed by atoms with Gasteiger partial charge in [0.25, 0.3) is 0 Å². The molecule has 0 bridgehead atoms. The van der Waals surface area contributed by atoms with Crippen LogP contribution >= 0.6 is 0 Å². The van der Waals surface area contributed by atoms with Gasteiger partial charge < -0.3 is 4.74 Å². The number of allylic oxidation sites excluding steroid dienone is 2. The van der Waals surface area contributed by atoms with Gasteiger partial charge in [-0.05, 0) is 51.5 Å². The van der Waals surface area contributed by atoms with Gasteiger partial charge in [-0.25, -0.2) is 0 Å². The minimum Gasteiger partial charge on any atom is -0.392 e. The number of hydrogen-bond donors (Lipinski definition) is 0. The van der Waals surface area contributed by atoms with E-state index in [4.69, 9.17) is 4.74 Å². The molecule has 0 N–H and O–H groups in total. The van der Waals surface area contributed by atoms with Crippen molar-refractivity contribution in [2.75, 3.05) is 20.1 Å². The second kappa shape index (κ2) is 24.0. The molecule has 4 heteroatoms. The Balaban J connectivity index is 3.60. The molecule has 0 heterocycles. The second-order valence-corrected chi connectivity index (χ2v) is 9.79. The second-order valence-electron chi connectivity index (χ2n) is 9.79. The summed E-state index contributed by atoms with van der Waals surface area (Å²) in [6.45, 7) is 7.74. The molecule has 0 aromatic carbocycles. The molecular formula is C29H55NO3. The van der Waals surface area contributed by atoms with Gasteiger partial charge in [-0.2, -0.15) is 0 Å². The van der Waals surface area contributed by atoms with Crippen LogP contribution < -0.4 is 0 Å². The highest BCUT2D eigenvalue weighted by atomic mass is 16.6. The molecule has 0 spiro atoms. The average Bonchev–Trinajstić information content (AvgIpc) is 2.78. The van der Waals surface area contributed by atoms with Crippen molar-refractivity contribution in [3.63, 3.8) is 0 Å². The fourth-order valence-electron chi connectivity index (χ4n) is 4.19. The number of rotatable bonds is 23. The van der Waals surface area contributed by atoms with E-state index in [1.807, 2.05) is 11.9 Å². The maximum atomic E-state index is 12.0. The zero-order valence-electron chi connectivity index (χ0n) is 22.5. The Bertz CT molecular complexity index is 489. The summed E-state index contributed by atoms with van der Waals surface area (Å²) in [6, 6.07) is 0. The maximum Gasteiger partial charge on any atom is 0.327 e. The molecule has 4 nitrogen and oxygen atoms in total. The van der Waals surface area contributed by atoms with Gasteiger partial charge in [-0.3, -0.25) is 14.5 Å². The van der Waals surface area contributed by atoms with Gasteiger partial charge in [-0.1, -0.05) is 104 Å². The summed E-state index contributed by atoms with van der Waals surface area (Å²) in [6.07, 6.45) is 25.7. The summed E-state index contributed by atoms with van der Waals surface area (Å²) < 4.78 is 5.01. The van der Waals surface area contributed by atoms with Crippen LogP contribution in [0.15, 0.2) is 12.2 Å². The van der Waals surface area contributed by atoms with Crippen molar-refractivity contribution in [3.05, 3.63) is 12.2 Å². The van der Waals surface area contributed by atoms with Gasteiger partial charge in [0.2, 0.25) is 0 Å².